The van der Waals surface area contributed by atoms with Crippen LogP contribution in [0.3, 0.4) is 0 Å². The van der Waals surface area contributed by atoms with Crippen LogP contribution in [0, 0.1) is 5.92 Å². The van der Waals surface area contributed by atoms with Crippen molar-refractivity contribution in [2.75, 3.05) is 7.05 Å². The number of carbonyl (C=O) groups is 1. The lowest BCUT2D eigenvalue weighted by Gasteiger charge is -2.37. The maximum Gasteiger partial charge on any atom is 0.233 e. The summed E-state index contributed by atoms with van der Waals surface area (Å²) in [6.07, 6.45) is 7.21. The molecule has 0 bridgehead atoms. The zero-order chi connectivity index (χ0) is 20.7. The molecule has 1 saturated carbocycles. The standard InChI is InChI=1S/C21H23Cl3N4O/c1-12-18(21(29)27(2)14-6-4-3-5-7-14)19(13-8-9-15(22)16(23)10-13)28-20(26-12)17(24)11-25-28/h8-11,14,18-19H,3-7H2,1-2H3. The van der Waals surface area contributed by atoms with Crippen LogP contribution in [-0.2, 0) is 4.79 Å². The van der Waals surface area contributed by atoms with Gasteiger partial charge in [0.15, 0.2) is 5.82 Å². The zero-order valence-corrected chi connectivity index (χ0v) is 18.7. The summed E-state index contributed by atoms with van der Waals surface area (Å²) in [4.78, 5) is 20.2. The van der Waals surface area contributed by atoms with Crippen LogP contribution in [0.5, 0.6) is 0 Å². The van der Waals surface area contributed by atoms with E-state index in [1.807, 2.05) is 24.9 Å². The summed E-state index contributed by atoms with van der Waals surface area (Å²) < 4.78 is 1.73. The number of benzene rings is 1. The molecule has 1 amide bonds. The van der Waals surface area contributed by atoms with Gasteiger partial charge in [0.1, 0.15) is 10.9 Å². The lowest BCUT2D eigenvalue weighted by atomic mass is 9.86. The highest BCUT2D eigenvalue weighted by atomic mass is 35.5. The third-order valence-corrected chi connectivity index (χ3v) is 7.06. The number of rotatable bonds is 3. The Morgan fingerprint density at radius 2 is 1.83 bits per heavy atom. The van der Waals surface area contributed by atoms with Gasteiger partial charge in [0, 0.05) is 18.8 Å². The Morgan fingerprint density at radius 1 is 1.10 bits per heavy atom. The molecule has 1 aromatic heterocycles. The van der Waals surface area contributed by atoms with E-state index in [0.717, 1.165) is 37.0 Å². The van der Waals surface area contributed by atoms with Gasteiger partial charge >= 0.3 is 0 Å². The maximum atomic E-state index is 13.7. The van der Waals surface area contributed by atoms with Crippen LogP contribution in [0.25, 0.3) is 0 Å². The number of hydrogen-bond acceptors (Lipinski definition) is 3. The van der Waals surface area contributed by atoms with Crippen LogP contribution in [0.15, 0.2) is 29.4 Å². The van der Waals surface area contributed by atoms with Crippen LogP contribution in [0.2, 0.25) is 15.1 Å². The molecule has 0 saturated heterocycles. The van der Waals surface area contributed by atoms with Gasteiger partial charge in [-0.25, -0.2) is 9.67 Å². The summed E-state index contributed by atoms with van der Waals surface area (Å²) in [7, 11) is 1.91. The molecule has 1 aromatic carbocycles. The molecule has 1 aliphatic carbocycles. The molecule has 0 radical (unpaired) electrons. The second kappa shape index (κ2) is 8.29. The number of hydrogen-bond donors (Lipinski definition) is 0. The Kier molecular flexibility index (Phi) is 5.92. The molecule has 8 heteroatoms. The Hall–Kier alpha value is -1.56. The zero-order valence-electron chi connectivity index (χ0n) is 16.4. The van der Waals surface area contributed by atoms with Crippen LogP contribution in [0.1, 0.15) is 50.6 Å². The van der Waals surface area contributed by atoms with Gasteiger partial charge in [0.2, 0.25) is 5.91 Å². The topological polar surface area (TPSA) is 50.5 Å². The van der Waals surface area contributed by atoms with Crippen LogP contribution >= 0.6 is 34.8 Å². The second-order valence-corrected chi connectivity index (χ2v) is 9.07. The van der Waals surface area contributed by atoms with Gasteiger partial charge in [-0.3, -0.25) is 4.79 Å². The van der Waals surface area contributed by atoms with Crippen LogP contribution < -0.4 is 0 Å². The molecule has 2 heterocycles. The predicted octanol–water partition coefficient (Wildman–Crippen LogP) is 5.95. The summed E-state index contributed by atoms with van der Waals surface area (Å²) in [6, 6.07) is 5.31. The summed E-state index contributed by atoms with van der Waals surface area (Å²) in [5.74, 6) is 0.124. The van der Waals surface area contributed by atoms with E-state index in [9.17, 15) is 4.79 Å². The minimum atomic E-state index is -0.484. The number of aliphatic imine (C=N–C) groups is 1. The van der Waals surface area contributed by atoms with Crippen molar-refractivity contribution in [1.29, 1.82) is 0 Å². The normalized spacial score (nSPS) is 22.2. The quantitative estimate of drug-likeness (QED) is 0.577. The van der Waals surface area contributed by atoms with Crippen LogP contribution in [-0.4, -0.2) is 39.4 Å². The van der Waals surface area contributed by atoms with Gasteiger partial charge in [-0.1, -0.05) is 60.1 Å². The highest BCUT2D eigenvalue weighted by Gasteiger charge is 2.41. The summed E-state index contributed by atoms with van der Waals surface area (Å²) >= 11 is 18.7. The largest absolute Gasteiger partial charge is 0.342 e. The van der Waals surface area contributed by atoms with E-state index in [-0.39, 0.29) is 18.0 Å². The Morgan fingerprint density at radius 3 is 2.52 bits per heavy atom. The fraction of sp³-hybridized carbons (Fsp3) is 0.476. The predicted molar refractivity (Wildman–Crippen MR) is 118 cm³/mol. The first kappa shape index (κ1) is 20.7. The van der Waals surface area contributed by atoms with Crippen molar-refractivity contribution >= 4 is 52.2 Å². The van der Waals surface area contributed by atoms with E-state index in [2.05, 4.69) is 10.1 Å². The molecule has 2 aliphatic rings. The van der Waals surface area contributed by atoms with E-state index in [1.54, 1.807) is 23.0 Å². The first-order valence-electron chi connectivity index (χ1n) is 9.88. The average molecular weight is 454 g/mol. The van der Waals surface area contributed by atoms with Crippen molar-refractivity contribution in [1.82, 2.24) is 14.7 Å². The highest BCUT2D eigenvalue weighted by Crippen LogP contribution is 2.41. The molecule has 2 unspecified atom stereocenters. The number of nitrogens with zero attached hydrogens (tertiary/aromatic N) is 4. The third kappa shape index (κ3) is 3.80. The van der Waals surface area contributed by atoms with Crippen molar-refractivity contribution in [3.63, 3.8) is 0 Å². The molecule has 2 atom stereocenters. The number of amides is 1. The minimum absolute atomic E-state index is 0.0477. The van der Waals surface area contributed by atoms with E-state index >= 15 is 0 Å². The lowest BCUT2D eigenvalue weighted by Crippen LogP contribution is -2.47. The molecular weight excluding hydrogens is 431 g/mol. The number of halogens is 3. The lowest BCUT2D eigenvalue weighted by molar-refractivity contribution is -0.135. The fourth-order valence-electron chi connectivity index (χ4n) is 4.46. The van der Waals surface area contributed by atoms with Gasteiger partial charge in [-0.05, 0) is 37.5 Å². The molecule has 0 N–H and O–H groups in total. The van der Waals surface area contributed by atoms with Crippen molar-refractivity contribution in [2.24, 2.45) is 10.9 Å². The maximum absolute atomic E-state index is 13.7. The van der Waals surface area contributed by atoms with Gasteiger partial charge in [0.25, 0.3) is 0 Å². The molecule has 5 nitrogen and oxygen atoms in total. The van der Waals surface area contributed by atoms with E-state index in [4.69, 9.17) is 34.8 Å². The van der Waals surface area contributed by atoms with E-state index < -0.39 is 5.92 Å². The van der Waals surface area contributed by atoms with Gasteiger partial charge in [0.05, 0.1) is 22.3 Å². The Bertz CT molecular complexity index is 965. The average Bonchev–Trinajstić information content (AvgIpc) is 3.09. The monoisotopic (exact) mass is 452 g/mol. The molecule has 4 rings (SSSR count). The molecule has 1 fully saturated rings. The number of aromatic nitrogens is 2. The van der Waals surface area contributed by atoms with Crippen LogP contribution in [0.4, 0.5) is 5.82 Å². The summed E-state index contributed by atoms with van der Waals surface area (Å²) in [6.45, 7) is 1.88. The van der Waals surface area contributed by atoms with Gasteiger partial charge in [-0.2, -0.15) is 5.10 Å². The highest BCUT2D eigenvalue weighted by molar-refractivity contribution is 6.42. The molecule has 2 aromatic rings. The summed E-state index contributed by atoms with van der Waals surface area (Å²) in [5, 5.41) is 5.81. The molecule has 29 heavy (non-hydrogen) atoms. The number of fused-ring (bicyclic) bond motifs is 1. The van der Waals surface area contributed by atoms with E-state index in [0.29, 0.717) is 20.9 Å². The van der Waals surface area contributed by atoms with Crippen molar-refractivity contribution in [2.45, 2.75) is 51.1 Å². The van der Waals surface area contributed by atoms with Gasteiger partial charge < -0.3 is 4.90 Å². The van der Waals surface area contributed by atoms with Crippen molar-refractivity contribution < 1.29 is 4.79 Å². The van der Waals surface area contributed by atoms with Crippen molar-refractivity contribution in [3.8, 4) is 0 Å². The SMILES string of the molecule is CC1=Nc2c(Cl)cnn2C(c2ccc(Cl)c(Cl)c2)C1C(=O)N(C)C1CCCCC1. The third-order valence-electron chi connectivity index (χ3n) is 6.06. The molecule has 1 aliphatic heterocycles. The minimum Gasteiger partial charge on any atom is -0.342 e. The molecule has 154 valence electrons. The molecular formula is C21H23Cl3N4O. The van der Waals surface area contributed by atoms with E-state index in [1.165, 1.54) is 6.42 Å². The summed E-state index contributed by atoms with van der Waals surface area (Å²) in [5.41, 5.74) is 1.58. The van der Waals surface area contributed by atoms with Gasteiger partial charge in [-0.15, -0.1) is 0 Å². The first-order valence-corrected chi connectivity index (χ1v) is 11.0. The first-order chi connectivity index (χ1) is 13.9. The fourth-order valence-corrected chi connectivity index (χ4v) is 4.94. The smallest absolute Gasteiger partial charge is 0.233 e. The Labute approximate surface area is 185 Å². The molecule has 0 spiro atoms. The Balaban J connectivity index is 1.77. The second-order valence-electron chi connectivity index (χ2n) is 7.85. The van der Waals surface area contributed by atoms with Crippen molar-refractivity contribution in [3.05, 3.63) is 45.0 Å². The number of carbonyl (C=O) groups excluding carboxylic acids is 1.